The summed E-state index contributed by atoms with van der Waals surface area (Å²) in [4.78, 5) is 14.0. The Hall–Kier alpha value is -0.0500. The van der Waals surface area contributed by atoms with Crippen LogP contribution < -0.4 is 0 Å². The van der Waals surface area contributed by atoms with Crippen molar-refractivity contribution in [2.45, 2.75) is 51.9 Å². The second kappa shape index (κ2) is 8.10. The Balaban J connectivity index is 2.35. The van der Waals surface area contributed by atoms with Gasteiger partial charge < -0.3 is 4.90 Å². The van der Waals surface area contributed by atoms with Crippen molar-refractivity contribution < 1.29 is 4.79 Å². The normalized spacial score (nSPS) is 18.1. The van der Waals surface area contributed by atoms with Gasteiger partial charge in [-0.2, -0.15) is 0 Å². The third-order valence-electron chi connectivity index (χ3n) is 3.53. The van der Waals surface area contributed by atoms with Gasteiger partial charge >= 0.3 is 0 Å². The summed E-state index contributed by atoms with van der Waals surface area (Å²) >= 11 is 3.40. The molecule has 1 saturated carbocycles. The van der Waals surface area contributed by atoms with Crippen molar-refractivity contribution in [1.29, 1.82) is 0 Å². The van der Waals surface area contributed by atoms with E-state index in [2.05, 4.69) is 22.9 Å². The zero-order valence-electron chi connectivity index (χ0n) is 10.4. The SMILES string of the molecule is CCN(CCBr)C(=O)CC1CCCCCC1. The number of alkyl halides is 1. The highest BCUT2D eigenvalue weighted by atomic mass is 79.9. The highest BCUT2D eigenvalue weighted by Crippen LogP contribution is 2.25. The number of nitrogens with zero attached hydrogens (tertiary/aromatic N) is 1. The Morgan fingerprint density at radius 3 is 2.38 bits per heavy atom. The molecule has 0 aliphatic heterocycles. The summed E-state index contributed by atoms with van der Waals surface area (Å²) in [7, 11) is 0. The van der Waals surface area contributed by atoms with Gasteiger partial charge in [0.05, 0.1) is 0 Å². The lowest BCUT2D eigenvalue weighted by Gasteiger charge is -2.22. The van der Waals surface area contributed by atoms with Crippen LogP contribution in [0.25, 0.3) is 0 Å². The van der Waals surface area contributed by atoms with Crippen LogP contribution in [0.3, 0.4) is 0 Å². The van der Waals surface area contributed by atoms with Gasteiger partial charge in [0, 0.05) is 24.8 Å². The molecule has 0 aromatic rings. The monoisotopic (exact) mass is 289 g/mol. The van der Waals surface area contributed by atoms with E-state index in [9.17, 15) is 4.79 Å². The minimum Gasteiger partial charge on any atom is -0.342 e. The Morgan fingerprint density at radius 1 is 1.25 bits per heavy atom. The van der Waals surface area contributed by atoms with Gasteiger partial charge in [-0.3, -0.25) is 4.79 Å². The quantitative estimate of drug-likeness (QED) is 0.559. The fourth-order valence-corrected chi connectivity index (χ4v) is 2.93. The van der Waals surface area contributed by atoms with Crippen molar-refractivity contribution >= 4 is 21.8 Å². The molecule has 0 N–H and O–H groups in total. The standard InChI is InChI=1S/C13H24BrNO/c1-2-15(10-9-14)13(16)11-12-7-5-3-4-6-8-12/h12H,2-11H2,1H3. The second-order valence-electron chi connectivity index (χ2n) is 4.72. The van der Waals surface area contributed by atoms with Gasteiger partial charge in [-0.05, 0) is 25.7 Å². The maximum atomic E-state index is 12.0. The van der Waals surface area contributed by atoms with Gasteiger partial charge in [0.25, 0.3) is 0 Å². The summed E-state index contributed by atoms with van der Waals surface area (Å²) in [5.41, 5.74) is 0. The van der Waals surface area contributed by atoms with Crippen LogP contribution in [-0.4, -0.2) is 29.2 Å². The molecule has 1 fully saturated rings. The molecule has 0 bridgehead atoms. The van der Waals surface area contributed by atoms with Crippen LogP contribution in [-0.2, 0) is 4.79 Å². The van der Waals surface area contributed by atoms with Crippen molar-refractivity contribution in [3.63, 3.8) is 0 Å². The van der Waals surface area contributed by atoms with Crippen LogP contribution in [0, 0.1) is 5.92 Å². The molecule has 1 rings (SSSR count). The molecule has 2 nitrogen and oxygen atoms in total. The van der Waals surface area contributed by atoms with Crippen LogP contribution in [0.4, 0.5) is 0 Å². The van der Waals surface area contributed by atoms with Gasteiger partial charge in [-0.15, -0.1) is 0 Å². The Morgan fingerprint density at radius 2 is 1.88 bits per heavy atom. The first-order valence-corrected chi connectivity index (χ1v) is 7.73. The number of rotatable bonds is 5. The summed E-state index contributed by atoms with van der Waals surface area (Å²) < 4.78 is 0. The molecule has 0 atom stereocenters. The van der Waals surface area contributed by atoms with E-state index >= 15 is 0 Å². The van der Waals surface area contributed by atoms with E-state index in [1.54, 1.807) is 0 Å². The molecule has 0 saturated heterocycles. The molecule has 1 aliphatic rings. The molecule has 0 aromatic heterocycles. The van der Waals surface area contributed by atoms with Crippen LogP contribution in [0.2, 0.25) is 0 Å². The topological polar surface area (TPSA) is 20.3 Å². The maximum Gasteiger partial charge on any atom is 0.222 e. The molecule has 16 heavy (non-hydrogen) atoms. The van der Waals surface area contributed by atoms with Crippen molar-refractivity contribution in [3.8, 4) is 0 Å². The predicted octanol–water partition coefficient (Wildman–Crippen LogP) is 3.59. The summed E-state index contributed by atoms with van der Waals surface area (Å²) in [6.45, 7) is 3.76. The highest BCUT2D eigenvalue weighted by Gasteiger charge is 2.19. The van der Waals surface area contributed by atoms with Gasteiger partial charge in [0.15, 0.2) is 0 Å². The zero-order chi connectivity index (χ0) is 11.8. The summed E-state index contributed by atoms with van der Waals surface area (Å²) in [5, 5.41) is 0.886. The molecular weight excluding hydrogens is 266 g/mol. The molecule has 1 amide bonds. The minimum atomic E-state index is 0.355. The van der Waals surface area contributed by atoms with E-state index in [0.717, 1.165) is 24.8 Å². The van der Waals surface area contributed by atoms with E-state index in [-0.39, 0.29) is 0 Å². The molecule has 0 radical (unpaired) electrons. The number of hydrogen-bond donors (Lipinski definition) is 0. The third-order valence-corrected chi connectivity index (χ3v) is 3.88. The largest absolute Gasteiger partial charge is 0.342 e. The van der Waals surface area contributed by atoms with E-state index in [4.69, 9.17) is 0 Å². The lowest BCUT2D eigenvalue weighted by atomic mass is 9.96. The molecule has 0 aromatic carbocycles. The summed E-state index contributed by atoms with van der Waals surface area (Å²) in [5.74, 6) is 1.01. The van der Waals surface area contributed by atoms with Crippen LogP contribution in [0.1, 0.15) is 51.9 Å². The molecule has 0 heterocycles. The van der Waals surface area contributed by atoms with Crippen molar-refractivity contribution in [2.75, 3.05) is 18.4 Å². The average Bonchev–Trinajstić information content (AvgIpc) is 2.54. The Kier molecular flexibility index (Phi) is 7.10. The van der Waals surface area contributed by atoms with Gasteiger partial charge in [0.2, 0.25) is 5.91 Å². The zero-order valence-corrected chi connectivity index (χ0v) is 12.0. The lowest BCUT2D eigenvalue weighted by Crippen LogP contribution is -2.33. The summed E-state index contributed by atoms with van der Waals surface area (Å²) in [6, 6.07) is 0. The van der Waals surface area contributed by atoms with Gasteiger partial charge in [0.1, 0.15) is 0 Å². The molecule has 1 aliphatic carbocycles. The first-order valence-electron chi connectivity index (χ1n) is 6.61. The van der Waals surface area contributed by atoms with Crippen LogP contribution in [0.5, 0.6) is 0 Å². The average molecular weight is 290 g/mol. The second-order valence-corrected chi connectivity index (χ2v) is 5.52. The number of carbonyl (C=O) groups is 1. The number of carbonyl (C=O) groups excluding carboxylic acids is 1. The smallest absolute Gasteiger partial charge is 0.222 e. The maximum absolute atomic E-state index is 12.0. The van der Waals surface area contributed by atoms with Crippen molar-refractivity contribution in [1.82, 2.24) is 4.90 Å². The van der Waals surface area contributed by atoms with Crippen LogP contribution >= 0.6 is 15.9 Å². The van der Waals surface area contributed by atoms with E-state index in [1.807, 2.05) is 4.90 Å². The van der Waals surface area contributed by atoms with Gasteiger partial charge in [-0.25, -0.2) is 0 Å². The van der Waals surface area contributed by atoms with Crippen molar-refractivity contribution in [3.05, 3.63) is 0 Å². The minimum absolute atomic E-state index is 0.355. The lowest BCUT2D eigenvalue weighted by molar-refractivity contribution is -0.131. The first kappa shape index (κ1) is 14.0. The van der Waals surface area contributed by atoms with Gasteiger partial charge in [-0.1, -0.05) is 41.6 Å². The van der Waals surface area contributed by atoms with E-state index in [1.165, 1.54) is 38.5 Å². The highest BCUT2D eigenvalue weighted by molar-refractivity contribution is 9.09. The fraction of sp³-hybridized carbons (Fsp3) is 0.923. The molecule has 0 spiro atoms. The molecule has 0 unspecified atom stereocenters. The summed E-state index contributed by atoms with van der Waals surface area (Å²) in [6.07, 6.45) is 8.67. The molecule has 94 valence electrons. The van der Waals surface area contributed by atoms with E-state index < -0.39 is 0 Å². The number of hydrogen-bond acceptors (Lipinski definition) is 1. The molecular formula is C13H24BrNO. The Labute approximate surface area is 108 Å². The fourth-order valence-electron chi connectivity index (χ4n) is 2.51. The van der Waals surface area contributed by atoms with E-state index in [0.29, 0.717) is 11.8 Å². The molecule has 3 heteroatoms. The Bertz CT molecular complexity index is 200. The predicted molar refractivity (Wildman–Crippen MR) is 71.9 cm³/mol. The van der Waals surface area contributed by atoms with Crippen LogP contribution in [0.15, 0.2) is 0 Å². The number of halogens is 1. The third kappa shape index (κ3) is 4.86. The number of amides is 1. The van der Waals surface area contributed by atoms with Crippen molar-refractivity contribution in [2.24, 2.45) is 5.92 Å². The first-order chi connectivity index (χ1) is 7.77.